The molecular weight excluding hydrogens is 414 g/mol. The zero-order chi connectivity index (χ0) is 24.0. The van der Waals surface area contributed by atoms with E-state index in [1.54, 1.807) is 0 Å². The number of hydrogen-bond donors (Lipinski definition) is 2. The maximum atomic E-state index is 12.0. The summed E-state index contributed by atoms with van der Waals surface area (Å²) in [5, 5.41) is 18.0. The van der Waals surface area contributed by atoms with Gasteiger partial charge in [-0.05, 0) is 33.4 Å². The molecule has 2 N–H and O–H groups in total. The number of esters is 1. The normalized spacial score (nSPS) is 12.2. The number of carbonyl (C=O) groups is 2. The van der Waals surface area contributed by atoms with Gasteiger partial charge >= 0.3 is 12.1 Å². The second-order valence-electron chi connectivity index (χ2n) is 8.63. The van der Waals surface area contributed by atoms with Crippen molar-refractivity contribution in [3.05, 3.63) is 0 Å². The quantitative estimate of drug-likeness (QED) is 0.195. The van der Waals surface area contributed by atoms with Gasteiger partial charge in [-0.2, -0.15) is 0 Å². The largest absolute Gasteiger partial charge is 0.508 e. The summed E-state index contributed by atoms with van der Waals surface area (Å²) in [6.45, 7) is 2.21. The second-order valence-corrected chi connectivity index (χ2v) is 8.63. The van der Waals surface area contributed by atoms with Crippen molar-refractivity contribution in [1.29, 1.82) is 0 Å². The van der Waals surface area contributed by atoms with Gasteiger partial charge in [-0.15, -0.1) is 0 Å². The fourth-order valence-corrected chi connectivity index (χ4v) is 3.26. The Morgan fingerprint density at radius 3 is 1.88 bits per heavy atom. The molecule has 1 atom stereocenters. The van der Waals surface area contributed by atoms with Crippen LogP contribution < -0.4 is 0 Å². The van der Waals surface area contributed by atoms with Crippen molar-refractivity contribution >= 4 is 12.1 Å². The van der Waals surface area contributed by atoms with Crippen molar-refractivity contribution < 1.29 is 34.0 Å². The fourth-order valence-electron chi connectivity index (χ4n) is 3.26. The minimum Gasteiger partial charge on any atom is -0.457 e. The number of carbonyl (C=O) groups excluding carboxylic acids is 2. The van der Waals surface area contributed by atoms with Crippen molar-refractivity contribution in [2.75, 3.05) is 40.5 Å². The predicted octanol–water partition coefficient (Wildman–Crippen LogP) is 4.06. The number of hydrogen-bond acceptors (Lipinski definition) is 8. The molecular formula is C24H47NO7. The van der Waals surface area contributed by atoms with E-state index < -0.39 is 37.5 Å². The molecule has 0 amide bonds. The molecule has 0 rings (SSSR count). The summed E-state index contributed by atoms with van der Waals surface area (Å²) in [5.74, 6) is -0.532. The summed E-state index contributed by atoms with van der Waals surface area (Å²) in [6.07, 6.45) is 11.1. The van der Waals surface area contributed by atoms with E-state index in [0.29, 0.717) is 19.4 Å². The number of rotatable bonds is 21. The molecule has 1 unspecified atom stereocenters. The minimum atomic E-state index is -0.917. The smallest absolute Gasteiger partial charge is 0.457 e. The lowest BCUT2D eigenvalue weighted by Gasteiger charge is -2.19. The van der Waals surface area contributed by atoms with Crippen LogP contribution >= 0.6 is 0 Å². The molecule has 0 radical (unpaired) electrons. The summed E-state index contributed by atoms with van der Waals surface area (Å²) in [6, 6.07) is 0. The number of aliphatic hydroxyl groups excluding tert-OH is 2. The molecule has 0 aromatic heterocycles. The van der Waals surface area contributed by atoms with Crippen molar-refractivity contribution in [3.8, 4) is 0 Å². The Morgan fingerprint density at radius 1 is 0.781 bits per heavy atom. The highest BCUT2D eigenvalue weighted by Crippen LogP contribution is 2.16. The monoisotopic (exact) mass is 461 g/mol. The first kappa shape index (κ1) is 30.6. The molecule has 8 heteroatoms. The molecule has 0 bridgehead atoms. The van der Waals surface area contributed by atoms with E-state index in [-0.39, 0.29) is 13.0 Å². The molecule has 0 aromatic rings. The lowest BCUT2D eigenvalue weighted by molar-refractivity contribution is -0.154. The van der Waals surface area contributed by atoms with Gasteiger partial charge in [0.05, 0.1) is 13.2 Å². The Bertz CT molecular complexity index is 456. The van der Waals surface area contributed by atoms with Crippen LogP contribution in [0.1, 0.15) is 90.4 Å². The molecule has 0 saturated carbocycles. The fraction of sp³-hybridized carbons (Fsp3) is 0.917. The standard InChI is InChI=1S/C24H47NO7/c1-4-5-6-7-8-9-10-11-12-13-14-21(32-24(29)30-18-17-25(2)3)15-16-23(28)31-22(19-26)20-27/h21-22,26-27H,4-20H2,1-3H3. The van der Waals surface area contributed by atoms with E-state index in [0.717, 1.165) is 19.3 Å². The van der Waals surface area contributed by atoms with Crippen LogP contribution in [0.5, 0.6) is 0 Å². The minimum absolute atomic E-state index is 0.0455. The summed E-state index contributed by atoms with van der Waals surface area (Å²) in [4.78, 5) is 25.8. The van der Waals surface area contributed by atoms with Crippen LogP contribution in [0.15, 0.2) is 0 Å². The third kappa shape index (κ3) is 19.3. The van der Waals surface area contributed by atoms with Crippen LogP contribution in [-0.4, -0.2) is 79.9 Å². The van der Waals surface area contributed by atoms with Gasteiger partial charge in [0.2, 0.25) is 0 Å². The van der Waals surface area contributed by atoms with E-state index in [4.69, 9.17) is 24.4 Å². The maximum Gasteiger partial charge on any atom is 0.508 e. The summed E-state index contributed by atoms with van der Waals surface area (Å²) in [7, 11) is 3.78. The van der Waals surface area contributed by atoms with Gasteiger partial charge in [0.1, 0.15) is 18.8 Å². The average Bonchev–Trinajstić information content (AvgIpc) is 2.76. The highest BCUT2D eigenvalue weighted by atomic mass is 16.7. The Hall–Kier alpha value is -1.38. The Balaban J connectivity index is 4.26. The number of aliphatic hydroxyl groups is 2. The van der Waals surface area contributed by atoms with Gasteiger partial charge in [-0.1, -0.05) is 64.7 Å². The molecule has 0 aliphatic rings. The first-order chi connectivity index (χ1) is 15.4. The van der Waals surface area contributed by atoms with Crippen molar-refractivity contribution in [1.82, 2.24) is 4.90 Å². The van der Waals surface area contributed by atoms with E-state index in [1.165, 1.54) is 44.9 Å². The first-order valence-electron chi connectivity index (χ1n) is 12.3. The van der Waals surface area contributed by atoms with Crippen molar-refractivity contribution in [2.45, 2.75) is 103 Å². The first-order valence-corrected chi connectivity index (χ1v) is 12.3. The maximum absolute atomic E-state index is 12.0. The van der Waals surface area contributed by atoms with E-state index in [1.807, 2.05) is 19.0 Å². The van der Waals surface area contributed by atoms with E-state index in [9.17, 15) is 9.59 Å². The molecule has 0 spiro atoms. The Morgan fingerprint density at radius 2 is 1.34 bits per heavy atom. The Labute approximate surface area is 194 Å². The zero-order valence-corrected chi connectivity index (χ0v) is 20.6. The highest BCUT2D eigenvalue weighted by molar-refractivity contribution is 5.69. The van der Waals surface area contributed by atoms with Crippen LogP contribution in [0.3, 0.4) is 0 Å². The van der Waals surface area contributed by atoms with Crippen molar-refractivity contribution in [2.24, 2.45) is 0 Å². The second kappa shape index (κ2) is 21.5. The van der Waals surface area contributed by atoms with Crippen LogP contribution in [0, 0.1) is 0 Å². The number of ether oxygens (including phenoxy) is 3. The predicted molar refractivity (Wildman–Crippen MR) is 125 cm³/mol. The Kier molecular flexibility index (Phi) is 20.5. The van der Waals surface area contributed by atoms with Gasteiger partial charge in [-0.25, -0.2) is 4.79 Å². The lowest BCUT2D eigenvalue weighted by atomic mass is 10.0. The molecule has 0 aromatic carbocycles. The molecule has 32 heavy (non-hydrogen) atoms. The highest BCUT2D eigenvalue weighted by Gasteiger charge is 2.19. The van der Waals surface area contributed by atoms with Gasteiger partial charge in [-0.3, -0.25) is 4.79 Å². The molecule has 0 saturated heterocycles. The molecule has 190 valence electrons. The van der Waals surface area contributed by atoms with Gasteiger partial charge in [0, 0.05) is 13.0 Å². The summed E-state index contributed by atoms with van der Waals surface area (Å²) < 4.78 is 15.5. The van der Waals surface area contributed by atoms with Crippen LogP contribution in [0.25, 0.3) is 0 Å². The van der Waals surface area contributed by atoms with E-state index >= 15 is 0 Å². The lowest BCUT2D eigenvalue weighted by Crippen LogP contribution is -2.27. The van der Waals surface area contributed by atoms with Gasteiger partial charge in [0.25, 0.3) is 0 Å². The summed E-state index contributed by atoms with van der Waals surface area (Å²) >= 11 is 0. The SMILES string of the molecule is CCCCCCCCCCCCC(CCC(=O)OC(CO)CO)OC(=O)OCCN(C)C. The van der Waals surface area contributed by atoms with Crippen LogP contribution in [0.2, 0.25) is 0 Å². The number of nitrogens with zero attached hydrogens (tertiary/aromatic N) is 1. The average molecular weight is 462 g/mol. The van der Waals surface area contributed by atoms with Gasteiger partial charge in [0.15, 0.2) is 0 Å². The molecule has 8 nitrogen and oxygen atoms in total. The number of likely N-dealkylation sites (N-methyl/N-ethyl adjacent to an activating group) is 1. The molecule has 0 aliphatic heterocycles. The molecule has 0 aliphatic carbocycles. The van der Waals surface area contributed by atoms with Crippen LogP contribution in [0.4, 0.5) is 4.79 Å². The van der Waals surface area contributed by atoms with E-state index in [2.05, 4.69) is 6.92 Å². The van der Waals surface area contributed by atoms with Crippen LogP contribution in [-0.2, 0) is 19.0 Å². The van der Waals surface area contributed by atoms with Crippen molar-refractivity contribution in [3.63, 3.8) is 0 Å². The number of unbranched alkanes of at least 4 members (excludes halogenated alkanes) is 9. The third-order valence-corrected chi connectivity index (χ3v) is 5.28. The van der Waals surface area contributed by atoms with Gasteiger partial charge < -0.3 is 29.3 Å². The summed E-state index contributed by atoms with van der Waals surface area (Å²) in [5.41, 5.74) is 0. The molecule has 0 heterocycles. The zero-order valence-electron chi connectivity index (χ0n) is 20.6. The molecule has 0 fully saturated rings. The third-order valence-electron chi connectivity index (χ3n) is 5.28. The topological polar surface area (TPSA) is 106 Å².